The lowest BCUT2D eigenvalue weighted by molar-refractivity contribution is -0.137. The van der Waals surface area contributed by atoms with Crippen molar-refractivity contribution < 1.29 is 14.7 Å². The van der Waals surface area contributed by atoms with Crippen LogP contribution < -0.4 is 5.32 Å². The molecule has 0 spiro atoms. The Balaban J connectivity index is 2.52. The van der Waals surface area contributed by atoms with Gasteiger partial charge in [-0.05, 0) is 6.42 Å². The number of carbonyl (C=O) groups is 2. The largest absolute Gasteiger partial charge is 0.481 e. The monoisotopic (exact) mass is 282 g/mol. The second kappa shape index (κ2) is 7.52. The Morgan fingerprint density at radius 3 is 2.75 bits per heavy atom. The second-order valence-electron chi connectivity index (χ2n) is 4.91. The molecule has 0 radical (unpaired) electrons. The third kappa shape index (κ3) is 5.29. The molecule has 1 heterocycles. The molecular formula is C13H22N4O3. The van der Waals surface area contributed by atoms with Gasteiger partial charge in [-0.3, -0.25) is 9.48 Å². The first kappa shape index (κ1) is 16.0. The SMILES string of the molecule is CCCC(CC(=O)O)NC(=O)N(C)Cc1cnn(C)c1. The van der Waals surface area contributed by atoms with Crippen LogP contribution in [-0.4, -0.2) is 44.9 Å². The molecule has 0 aliphatic carbocycles. The first-order valence-electron chi connectivity index (χ1n) is 6.63. The number of rotatable bonds is 7. The van der Waals surface area contributed by atoms with Gasteiger partial charge in [0.05, 0.1) is 19.2 Å². The lowest BCUT2D eigenvalue weighted by atomic mass is 10.1. The van der Waals surface area contributed by atoms with Crippen LogP contribution in [-0.2, 0) is 18.4 Å². The quantitative estimate of drug-likeness (QED) is 0.786. The summed E-state index contributed by atoms with van der Waals surface area (Å²) in [5.74, 6) is -0.904. The molecule has 0 saturated carbocycles. The third-order valence-electron chi connectivity index (χ3n) is 2.91. The Kier molecular flexibility index (Phi) is 6.02. The molecule has 0 bridgehead atoms. The van der Waals surface area contributed by atoms with E-state index in [1.165, 1.54) is 4.90 Å². The molecule has 7 nitrogen and oxygen atoms in total. The molecular weight excluding hydrogens is 260 g/mol. The van der Waals surface area contributed by atoms with Crippen LogP contribution in [0.4, 0.5) is 4.79 Å². The number of nitrogens with one attached hydrogen (secondary N) is 1. The predicted octanol–water partition coefficient (Wildman–Crippen LogP) is 1.20. The van der Waals surface area contributed by atoms with Crippen LogP contribution in [0, 0.1) is 0 Å². The zero-order valence-electron chi connectivity index (χ0n) is 12.2. The van der Waals surface area contributed by atoms with Crippen molar-refractivity contribution in [1.29, 1.82) is 0 Å². The van der Waals surface area contributed by atoms with Crippen molar-refractivity contribution >= 4 is 12.0 Å². The number of carboxylic acids is 1. The number of carboxylic acid groups (broad SMARTS) is 1. The lowest BCUT2D eigenvalue weighted by Crippen LogP contribution is -2.43. The molecule has 0 aromatic carbocycles. The molecule has 7 heteroatoms. The second-order valence-corrected chi connectivity index (χ2v) is 4.91. The van der Waals surface area contributed by atoms with Crippen molar-refractivity contribution in [3.05, 3.63) is 18.0 Å². The molecule has 1 aromatic heterocycles. The Morgan fingerprint density at radius 2 is 2.25 bits per heavy atom. The molecule has 20 heavy (non-hydrogen) atoms. The van der Waals surface area contributed by atoms with E-state index in [0.717, 1.165) is 12.0 Å². The van der Waals surface area contributed by atoms with E-state index in [2.05, 4.69) is 10.4 Å². The zero-order valence-corrected chi connectivity index (χ0v) is 12.2. The summed E-state index contributed by atoms with van der Waals surface area (Å²) in [5.41, 5.74) is 0.926. The van der Waals surface area contributed by atoms with E-state index in [1.807, 2.05) is 20.2 Å². The summed E-state index contributed by atoms with van der Waals surface area (Å²) >= 11 is 0. The molecule has 0 aliphatic rings. The molecule has 1 unspecified atom stereocenters. The first-order chi connectivity index (χ1) is 9.42. The van der Waals surface area contributed by atoms with Crippen LogP contribution >= 0.6 is 0 Å². The fraction of sp³-hybridized carbons (Fsp3) is 0.615. The summed E-state index contributed by atoms with van der Waals surface area (Å²) in [7, 11) is 3.49. The first-order valence-corrected chi connectivity index (χ1v) is 6.63. The number of hydrogen-bond donors (Lipinski definition) is 2. The Morgan fingerprint density at radius 1 is 1.55 bits per heavy atom. The minimum atomic E-state index is -0.904. The smallest absolute Gasteiger partial charge is 0.317 e. The number of nitrogens with zero attached hydrogens (tertiary/aromatic N) is 3. The molecule has 0 saturated heterocycles. The van der Waals surface area contributed by atoms with Gasteiger partial charge in [-0.25, -0.2) is 4.79 Å². The normalized spacial score (nSPS) is 11.9. The van der Waals surface area contributed by atoms with E-state index in [1.54, 1.807) is 17.9 Å². The highest BCUT2D eigenvalue weighted by Crippen LogP contribution is 2.05. The van der Waals surface area contributed by atoms with Gasteiger partial charge in [-0.2, -0.15) is 5.10 Å². The number of aromatic nitrogens is 2. The fourth-order valence-corrected chi connectivity index (χ4v) is 1.97. The van der Waals surface area contributed by atoms with E-state index in [-0.39, 0.29) is 18.5 Å². The highest BCUT2D eigenvalue weighted by molar-refractivity contribution is 5.75. The van der Waals surface area contributed by atoms with Gasteiger partial charge in [-0.15, -0.1) is 0 Å². The summed E-state index contributed by atoms with van der Waals surface area (Å²) in [6.07, 6.45) is 4.96. The molecule has 0 fully saturated rings. The van der Waals surface area contributed by atoms with Crippen LogP contribution in [0.5, 0.6) is 0 Å². The molecule has 1 aromatic rings. The number of aryl methyl sites for hydroxylation is 1. The third-order valence-corrected chi connectivity index (χ3v) is 2.91. The van der Waals surface area contributed by atoms with Crippen molar-refractivity contribution in [3.8, 4) is 0 Å². The van der Waals surface area contributed by atoms with Gasteiger partial charge in [0.2, 0.25) is 0 Å². The average Bonchev–Trinajstić information content (AvgIpc) is 2.74. The Bertz CT molecular complexity index is 458. The highest BCUT2D eigenvalue weighted by atomic mass is 16.4. The number of hydrogen-bond acceptors (Lipinski definition) is 3. The van der Waals surface area contributed by atoms with Gasteiger partial charge in [0.25, 0.3) is 0 Å². The maximum atomic E-state index is 12.0. The molecule has 1 atom stereocenters. The van der Waals surface area contributed by atoms with Crippen LogP contribution in [0.2, 0.25) is 0 Å². The van der Waals surface area contributed by atoms with Crippen LogP contribution in [0.25, 0.3) is 0 Å². The zero-order chi connectivity index (χ0) is 15.1. The molecule has 1 rings (SSSR count). The minimum Gasteiger partial charge on any atom is -0.481 e. The molecule has 2 amide bonds. The number of carbonyl (C=O) groups excluding carboxylic acids is 1. The van der Waals surface area contributed by atoms with Gasteiger partial charge in [-0.1, -0.05) is 13.3 Å². The highest BCUT2D eigenvalue weighted by Gasteiger charge is 2.17. The standard InChI is InChI=1S/C13H22N4O3/c1-4-5-11(6-12(18)19)15-13(20)16(2)8-10-7-14-17(3)9-10/h7,9,11H,4-6,8H2,1-3H3,(H,15,20)(H,18,19). The summed E-state index contributed by atoms with van der Waals surface area (Å²) in [6, 6.07) is -0.602. The van der Waals surface area contributed by atoms with Gasteiger partial charge in [0, 0.05) is 31.9 Å². The fourth-order valence-electron chi connectivity index (χ4n) is 1.97. The summed E-state index contributed by atoms with van der Waals surface area (Å²) in [5, 5.41) is 15.6. The summed E-state index contributed by atoms with van der Waals surface area (Å²) in [4.78, 5) is 24.3. The van der Waals surface area contributed by atoms with Gasteiger partial charge < -0.3 is 15.3 Å². The number of amides is 2. The van der Waals surface area contributed by atoms with Crippen molar-refractivity contribution in [1.82, 2.24) is 20.0 Å². The molecule has 0 aliphatic heterocycles. The van der Waals surface area contributed by atoms with Crippen molar-refractivity contribution in [2.24, 2.45) is 7.05 Å². The maximum Gasteiger partial charge on any atom is 0.317 e. The maximum absolute atomic E-state index is 12.0. The van der Waals surface area contributed by atoms with Crippen LogP contribution in [0.3, 0.4) is 0 Å². The average molecular weight is 282 g/mol. The predicted molar refractivity (Wildman–Crippen MR) is 74.2 cm³/mol. The van der Waals surface area contributed by atoms with Gasteiger partial charge in [0.15, 0.2) is 0 Å². The van der Waals surface area contributed by atoms with E-state index >= 15 is 0 Å². The van der Waals surface area contributed by atoms with Crippen LogP contribution in [0.1, 0.15) is 31.7 Å². The summed E-state index contributed by atoms with van der Waals surface area (Å²) < 4.78 is 1.67. The van der Waals surface area contributed by atoms with E-state index in [0.29, 0.717) is 13.0 Å². The minimum absolute atomic E-state index is 0.0552. The lowest BCUT2D eigenvalue weighted by Gasteiger charge is -2.22. The Hall–Kier alpha value is -2.05. The molecule has 112 valence electrons. The van der Waals surface area contributed by atoms with Gasteiger partial charge in [0.1, 0.15) is 0 Å². The van der Waals surface area contributed by atoms with E-state index in [9.17, 15) is 9.59 Å². The van der Waals surface area contributed by atoms with Crippen molar-refractivity contribution in [2.75, 3.05) is 7.05 Å². The van der Waals surface area contributed by atoms with E-state index < -0.39 is 5.97 Å². The van der Waals surface area contributed by atoms with Gasteiger partial charge >= 0.3 is 12.0 Å². The number of aliphatic carboxylic acids is 1. The van der Waals surface area contributed by atoms with E-state index in [4.69, 9.17) is 5.11 Å². The topological polar surface area (TPSA) is 87.5 Å². The van der Waals surface area contributed by atoms with Crippen molar-refractivity contribution in [3.63, 3.8) is 0 Å². The van der Waals surface area contributed by atoms with Crippen LogP contribution in [0.15, 0.2) is 12.4 Å². The number of urea groups is 1. The Labute approximate surface area is 118 Å². The summed E-state index contributed by atoms with van der Waals surface area (Å²) in [6.45, 7) is 2.39. The molecule has 2 N–H and O–H groups in total. The van der Waals surface area contributed by atoms with Crippen molar-refractivity contribution in [2.45, 2.75) is 38.8 Å².